The number of hydrogen-bond acceptors (Lipinski definition) is 6. The van der Waals surface area contributed by atoms with Crippen LogP contribution in [0, 0.1) is 0 Å². The molecule has 0 saturated carbocycles. The van der Waals surface area contributed by atoms with Gasteiger partial charge in [-0.2, -0.15) is 13.2 Å². The lowest BCUT2D eigenvalue weighted by Crippen LogP contribution is -2.54. The number of aliphatic imine (C=N–C) groups is 1. The van der Waals surface area contributed by atoms with Crippen molar-refractivity contribution in [2.24, 2.45) is 4.99 Å². The van der Waals surface area contributed by atoms with Crippen molar-refractivity contribution in [1.82, 2.24) is 9.55 Å². The molecule has 6 nitrogen and oxygen atoms in total. The van der Waals surface area contributed by atoms with Gasteiger partial charge >= 0.3 is 6.18 Å². The molecule has 158 valence electrons. The lowest BCUT2D eigenvalue weighted by atomic mass is 10.1. The number of halogens is 4. The summed E-state index contributed by atoms with van der Waals surface area (Å²) in [7, 11) is 0. The number of carbonyl (C=O) groups excluding carboxylic acids is 1. The Bertz CT molecular complexity index is 1090. The summed E-state index contributed by atoms with van der Waals surface area (Å²) < 4.78 is 42.2. The van der Waals surface area contributed by atoms with E-state index in [-0.39, 0.29) is 29.6 Å². The molecule has 0 aliphatic carbocycles. The predicted molar refractivity (Wildman–Crippen MR) is 110 cm³/mol. The molecule has 0 bridgehead atoms. The Balaban J connectivity index is 1.70. The van der Waals surface area contributed by atoms with Gasteiger partial charge in [0.2, 0.25) is 5.95 Å². The fraction of sp³-hybridized carbons (Fsp3) is 0.368. The van der Waals surface area contributed by atoms with Gasteiger partial charge in [0.1, 0.15) is 11.2 Å². The van der Waals surface area contributed by atoms with E-state index in [1.807, 2.05) is 0 Å². The van der Waals surface area contributed by atoms with Crippen LogP contribution in [0.25, 0.3) is 0 Å². The highest BCUT2D eigenvalue weighted by atomic mass is 35.5. The molecule has 1 aromatic heterocycles. The predicted octanol–water partition coefficient (Wildman–Crippen LogP) is 4.12. The molecule has 0 radical (unpaired) electrons. The second kappa shape index (κ2) is 8.07. The molecule has 1 atom stereocenters. The summed E-state index contributed by atoms with van der Waals surface area (Å²) in [6.45, 7) is -0.745. The summed E-state index contributed by atoms with van der Waals surface area (Å²) in [5.74, 6) is 0.0833. The van der Waals surface area contributed by atoms with E-state index in [1.165, 1.54) is 0 Å². The average Bonchev–Trinajstić information content (AvgIpc) is 2.92. The summed E-state index contributed by atoms with van der Waals surface area (Å²) in [6, 6.07) is 4.01. The summed E-state index contributed by atoms with van der Waals surface area (Å²) >= 11 is 7.43. The Morgan fingerprint density at radius 3 is 2.87 bits per heavy atom. The van der Waals surface area contributed by atoms with Gasteiger partial charge in [0.25, 0.3) is 5.56 Å². The van der Waals surface area contributed by atoms with Crippen molar-refractivity contribution < 1.29 is 18.0 Å². The Labute approximate surface area is 178 Å². The maximum absolute atomic E-state index is 13.7. The number of alkyl halides is 3. The molecule has 0 saturated heterocycles. The summed E-state index contributed by atoms with van der Waals surface area (Å²) in [5, 5.41) is -0.220. The maximum Gasteiger partial charge on any atom is 0.408 e. The summed E-state index contributed by atoms with van der Waals surface area (Å²) in [5.41, 5.74) is 0.308. The molecule has 0 amide bonds. The molecule has 2 aliphatic rings. The first-order valence-corrected chi connectivity index (χ1v) is 10.5. The zero-order valence-corrected chi connectivity index (χ0v) is 17.1. The molecule has 11 heteroatoms. The number of fused-ring (bicyclic) bond motifs is 2. The molecular weight excluding hydrogens is 441 g/mol. The van der Waals surface area contributed by atoms with Gasteiger partial charge in [0.05, 0.1) is 12.2 Å². The molecule has 0 spiro atoms. The fourth-order valence-corrected chi connectivity index (χ4v) is 4.54. The summed E-state index contributed by atoms with van der Waals surface area (Å²) in [6.07, 6.45) is -2.41. The van der Waals surface area contributed by atoms with Gasteiger partial charge in [0.15, 0.2) is 5.78 Å². The Hall–Kier alpha value is -2.33. The van der Waals surface area contributed by atoms with Crippen LogP contribution in [0.4, 0.5) is 24.8 Å². The fourth-order valence-electron chi connectivity index (χ4n) is 3.51. The molecular formula is C19H16ClF3N4O2S. The highest BCUT2D eigenvalue weighted by Crippen LogP contribution is 2.35. The minimum absolute atomic E-state index is 0.155. The first-order valence-electron chi connectivity index (χ1n) is 9.17. The molecule has 1 unspecified atom stereocenters. The average molecular weight is 457 g/mol. The zero-order chi connectivity index (χ0) is 21.5. The van der Waals surface area contributed by atoms with Crippen molar-refractivity contribution in [2.75, 3.05) is 17.2 Å². The van der Waals surface area contributed by atoms with Crippen molar-refractivity contribution in [3.63, 3.8) is 0 Å². The minimum atomic E-state index is -4.60. The van der Waals surface area contributed by atoms with E-state index >= 15 is 0 Å². The second-order valence-corrected chi connectivity index (χ2v) is 8.42. The number of carbonyl (C=O) groups is 1. The quantitative estimate of drug-likeness (QED) is 0.513. The van der Waals surface area contributed by atoms with Crippen molar-refractivity contribution in [3.05, 3.63) is 45.3 Å². The zero-order valence-electron chi connectivity index (χ0n) is 15.5. The van der Waals surface area contributed by atoms with E-state index in [0.29, 0.717) is 5.69 Å². The van der Waals surface area contributed by atoms with E-state index in [9.17, 15) is 22.8 Å². The monoisotopic (exact) mass is 456 g/mol. The SMILES string of the molecule is O=C(CN1c2nc(Cl)cc(=O)n2CCC1C(F)(F)F)c1ccc2c(c1)N=CCCS2. The van der Waals surface area contributed by atoms with Gasteiger partial charge in [-0.1, -0.05) is 17.7 Å². The highest BCUT2D eigenvalue weighted by molar-refractivity contribution is 7.99. The Kier molecular flexibility index (Phi) is 5.63. The van der Waals surface area contributed by atoms with Crippen LogP contribution in [0.5, 0.6) is 0 Å². The molecule has 2 aliphatic heterocycles. The molecule has 0 N–H and O–H groups in total. The minimum Gasteiger partial charge on any atom is -0.322 e. The van der Waals surface area contributed by atoms with E-state index in [4.69, 9.17) is 11.6 Å². The normalized spacial score (nSPS) is 18.5. The number of anilines is 1. The van der Waals surface area contributed by atoms with E-state index in [0.717, 1.165) is 32.6 Å². The van der Waals surface area contributed by atoms with Crippen LogP contribution in [-0.2, 0) is 6.54 Å². The van der Waals surface area contributed by atoms with Gasteiger partial charge < -0.3 is 4.90 Å². The Morgan fingerprint density at radius 1 is 1.30 bits per heavy atom. The maximum atomic E-state index is 13.7. The standard InChI is InChI=1S/C19H16ClF3N4O2S/c20-16-9-17(29)26-6-4-15(19(21,22)23)27(18(26)25-16)10-13(28)11-2-3-14-12(8-11)24-5-1-7-30-14/h2-3,5,8-9,15H,1,4,6-7,10H2. The number of benzene rings is 1. The van der Waals surface area contributed by atoms with Crippen LogP contribution in [-0.4, -0.2) is 46.1 Å². The lowest BCUT2D eigenvalue weighted by Gasteiger charge is -2.38. The van der Waals surface area contributed by atoms with Crippen molar-refractivity contribution in [3.8, 4) is 0 Å². The van der Waals surface area contributed by atoms with Gasteiger partial charge in [-0.3, -0.25) is 19.1 Å². The van der Waals surface area contributed by atoms with E-state index < -0.39 is 30.1 Å². The van der Waals surface area contributed by atoms with Crippen LogP contribution in [0.15, 0.2) is 38.9 Å². The molecule has 0 fully saturated rings. The third-order valence-corrected chi connectivity index (χ3v) is 6.21. The van der Waals surface area contributed by atoms with Crippen LogP contribution in [0.1, 0.15) is 23.2 Å². The number of aromatic nitrogens is 2. The number of ketones is 1. The third kappa shape index (κ3) is 4.11. The number of hydrogen-bond donors (Lipinski definition) is 0. The molecule has 2 aromatic rings. The molecule has 1 aromatic carbocycles. The van der Waals surface area contributed by atoms with Gasteiger partial charge in [-0.05, 0) is 25.0 Å². The van der Waals surface area contributed by atoms with Crippen LogP contribution >= 0.6 is 23.4 Å². The topological polar surface area (TPSA) is 67.6 Å². The lowest BCUT2D eigenvalue weighted by molar-refractivity contribution is -0.152. The smallest absolute Gasteiger partial charge is 0.322 e. The first kappa shape index (κ1) is 20.9. The number of rotatable bonds is 3. The van der Waals surface area contributed by atoms with Crippen LogP contribution < -0.4 is 10.5 Å². The first-order chi connectivity index (χ1) is 14.2. The largest absolute Gasteiger partial charge is 0.408 e. The van der Waals surface area contributed by atoms with Crippen LogP contribution in [0.3, 0.4) is 0 Å². The second-order valence-electron chi connectivity index (χ2n) is 6.90. The molecule has 30 heavy (non-hydrogen) atoms. The third-order valence-electron chi connectivity index (χ3n) is 4.92. The molecule has 3 heterocycles. The van der Waals surface area contributed by atoms with Gasteiger partial charge in [-0.15, -0.1) is 11.8 Å². The molecule has 4 rings (SSSR count). The number of nitrogens with zero attached hydrogens (tertiary/aromatic N) is 4. The van der Waals surface area contributed by atoms with E-state index in [1.54, 1.807) is 36.2 Å². The van der Waals surface area contributed by atoms with Gasteiger partial charge in [-0.25, -0.2) is 4.98 Å². The summed E-state index contributed by atoms with van der Waals surface area (Å²) in [4.78, 5) is 35.1. The van der Waals surface area contributed by atoms with Crippen molar-refractivity contribution in [1.29, 1.82) is 0 Å². The van der Waals surface area contributed by atoms with Crippen LogP contribution in [0.2, 0.25) is 5.15 Å². The van der Waals surface area contributed by atoms with Gasteiger partial charge in [0, 0.05) is 35.0 Å². The number of thioether (sulfide) groups is 1. The Morgan fingerprint density at radius 2 is 2.10 bits per heavy atom. The number of Topliss-reactive ketones (excluding diaryl/α,β-unsaturated/α-hetero) is 1. The van der Waals surface area contributed by atoms with E-state index in [2.05, 4.69) is 9.98 Å². The van der Waals surface area contributed by atoms with Crippen molar-refractivity contribution >= 4 is 47.0 Å². The van der Waals surface area contributed by atoms with Crippen molar-refractivity contribution in [2.45, 2.75) is 36.5 Å². The highest BCUT2D eigenvalue weighted by Gasteiger charge is 2.47.